The van der Waals surface area contributed by atoms with Crippen molar-refractivity contribution < 1.29 is 0 Å². The highest BCUT2D eigenvalue weighted by Crippen LogP contribution is 2.15. The summed E-state index contributed by atoms with van der Waals surface area (Å²) in [6.45, 7) is 7.64. The topological polar surface area (TPSA) is 57.5 Å². The lowest BCUT2D eigenvalue weighted by Gasteiger charge is -2.33. The third kappa shape index (κ3) is 7.31. The highest BCUT2D eigenvalue weighted by atomic mass is 127. The van der Waals surface area contributed by atoms with E-state index in [4.69, 9.17) is 4.99 Å². The van der Waals surface area contributed by atoms with Crippen LogP contribution in [0.1, 0.15) is 36.7 Å². The Morgan fingerprint density at radius 1 is 1.12 bits per heavy atom. The van der Waals surface area contributed by atoms with E-state index in [9.17, 15) is 0 Å². The molecule has 3 heterocycles. The predicted octanol–water partition coefficient (Wildman–Crippen LogP) is 4.33. The van der Waals surface area contributed by atoms with Crippen molar-refractivity contribution in [2.45, 2.75) is 45.4 Å². The van der Waals surface area contributed by atoms with Crippen molar-refractivity contribution in [2.24, 2.45) is 4.99 Å². The largest absolute Gasteiger partial charge is 0.357 e. The summed E-state index contributed by atoms with van der Waals surface area (Å²) in [4.78, 5) is 11.9. The van der Waals surface area contributed by atoms with Gasteiger partial charge in [-0.05, 0) is 47.7 Å². The molecule has 0 saturated carbocycles. The number of hydrogen-bond donors (Lipinski definition) is 2. The van der Waals surface area contributed by atoms with Crippen LogP contribution < -0.4 is 10.6 Å². The first kappa shape index (κ1) is 24.7. The molecule has 1 aromatic carbocycles. The number of piperidine rings is 1. The van der Waals surface area contributed by atoms with E-state index >= 15 is 0 Å². The zero-order valence-electron chi connectivity index (χ0n) is 18.6. The van der Waals surface area contributed by atoms with E-state index in [1.54, 1.807) is 11.3 Å². The third-order valence-corrected chi connectivity index (χ3v) is 6.37. The van der Waals surface area contributed by atoms with Crippen molar-refractivity contribution in [2.75, 3.05) is 19.6 Å². The average molecular weight is 565 g/mol. The summed E-state index contributed by atoms with van der Waals surface area (Å²) in [6.07, 6.45) is 6.16. The number of thiophene rings is 1. The summed E-state index contributed by atoms with van der Waals surface area (Å²) in [5, 5.41) is 11.5. The molecule has 1 fully saturated rings. The second-order valence-electron chi connectivity index (χ2n) is 7.98. The maximum Gasteiger partial charge on any atom is 0.191 e. The van der Waals surface area contributed by atoms with Gasteiger partial charge in [0.1, 0.15) is 12.4 Å². The molecule has 8 heteroatoms. The van der Waals surface area contributed by atoms with Gasteiger partial charge in [-0.25, -0.2) is 9.98 Å². The van der Waals surface area contributed by atoms with Gasteiger partial charge in [0.25, 0.3) is 0 Å². The molecule has 0 aliphatic carbocycles. The van der Waals surface area contributed by atoms with Crippen molar-refractivity contribution in [3.63, 3.8) is 0 Å². The van der Waals surface area contributed by atoms with E-state index < -0.39 is 0 Å². The number of halogens is 1. The Hall–Kier alpha value is -1.91. The van der Waals surface area contributed by atoms with Crippen molar-refractivity contribution >= 4 is 41.3 Å². The van der Waals surface area contributed by atoms with Crippen LogP contribution in [-0.4, -0.2) is 46.1 Å². The van der Waals surface area contributed by atoms with Crippen molar-refractivity contribution in [3.8, 4) is 0 Å². The Morgan fingerprint density at radius 2 is 1.94 bits per heavy atom. The zero-order valence-corrected chi connectivity index (χ0v) is 21.8. The van der Waals surface area contributed by atoms with E-state index in [-0.39, 0.29) is 24.0 Å². The second kappa shape index (κ2) is 13.0. The first-order valence-corrected chi connectivity index (χ1v) is 12.1. The van der Waals surface area contributed by atoms with Crippen molar-refractivity contribution in [3.05, 3.63) is 76.5 Å². The summed E-state index contributed by atoms with van der Waals surface area (Å²) in [5.41, 5.74) is 2.70. The molecule has 0 amide bonds. The molecule has 0 unspecified atom stereocenters. The maximum absolute atomic E-state index is 4.83. The zero-order chi connectivity index (χ0) is 21.3. The molecular formula is C24H33IN6S. The lowest BCUT2D eigenvalue weighted by molar-refractivity contribution is 0.198. The van der Waals surface area contributed by atoms with E-state index in [1.165, 1.54) is 11.1 Å². The summed E-state index contributed by atoms with van der Waals surface area (Å²) < 4.78 is 2.17. The van der Waals surface area contributed by atoms with Gasteiger partial charge in [0, 0.05) is 51.2 Å². The van der Waals surface area contributed by atoms with Gasteiger partial charge < -0.3 is 15.2 Å². The quantitative estimate of drug-likeness (QED) is 0.243. The number of benzene rings is 1. The van der Waals surface area contributed by atoms with Crippen molar-refractivity contribution in [1.82, 2.24) is 25.1 Å². The fraction of sp³-hybridized carbons (Fsp3) is 0.417. The number of rotatable bonds is 8. The number of hydrogen-bond acceptors (Lipinski definition) is 4. The predicted molar refractivity (Wildman–Crippen MR) is 144 cm³/mol. The molecule has 0 radical (unpaired) electrons. The molecule has 32 heavy (non-hydrogen) atoms. The van der Waals surface area contributed by atoms with Gasteiger partial charge in [-0.1, -0.05) is 30.3 Å². The Morgan fingerprint density at radius 3 is 2.66 bits per heavy atom. The van der Waals surface area contributed by atoms with Gasteiger partial charge in [-0.15, -0.1) is 24.0 Å². The SMILES string of the molecule is CCNC(=NCc1nccn1Cc1ccccc1)NC1CCN(Cc2ccsc2)CC1.I. The van der Waals surface area contributed by atoms with Crippen LogP contribution in [-0.2, 0) is 19.6 Å². The molecule has 2 aromatic heterocycles. The fourth-order valence-electron chi connectivity index (χ4n) is 3.96. The number of imidazole rings is 1. The van der Waals surface area contributed by atoms with Crippen LogP contribution in [0.3, 0.4) is 0 Å². The van der Waals surface area contributed by atoms with Gasteiger partial charge in [0.2, 0.25) is 0 Å². The number of likely N-dealkylation sites (tertiary alicyclic amines) is 1. The monoisotopic (exact) mass is 564 g/mol. The van der Waals surface area contributed by atoms with E-state index in [1.807, 2.05) is 18.5 Å². The smallest absolute Gasteiger partial charge is 0.191 e. The summed E-state index contributed by atoms with van der Waals surface area (Å²) in [6, 6.07) is 13.2. The van der Waals surface area contributed by atoms with Gasteiger partial charge in [0.05, 0.1) is 0 Å². The summed E-state index contributed by atoms with van der Waals surface area (Å²) in [5.74, 6) is 1.86. The van der Waals surface area contributed by atoms with Crippen LogP contribution in [0, 0.1) is 0 Å². The number of guanidine groups is 1. The lowest BCUT2D eigenvalue weighted by Crippen LogP contribution is -2.48. The van der Waals surface area contributed by atoms with Crippen LogP contribution in [0.5, 0.6) is 0 Å². The van der Waals surface area contributed by atoms with Crippen LogP contribution in [0.15, 0.2) is 64.5 Å². The highest BCUT2D eigenvalue weighted by Gasteiger charge is 2.20. The summed E-state index contributed by atoms with van der Waals surface area (Å²) in [7, 11) is 0. The normalized spacial score (nSPS) is 15.3. The van der Waals surface area contributed by atoms with Crippen molar-refractivity contribution in [1.29, 1.82) is 0 Å². The molecule has 4 rings (SSSR count). The van der Waals surface area contributed by atoms with Gasteiger partial charge in [0.15, 0.2) is 5.96 Å². The van der Waals surface area contributed by atoms with E-state index in [0.29, 0.717) is 12.6 Å². The Kier molecular flexibility index (Phi) is 10.0. The molecule has 0 bridgehead atoms. The second-order valence-corrected chi connectivity index (χ2v) is 8.76. The van der Waals surface area contributed by atoms with Crippen LogP contribution >= 0.6 is 35.3 Å². The van der Waals surface area contributed by atoms with Gasteiger partial charge in [-0.2, -0.15) is 11.3 Å². The van der Waals surface area contributed by atoms with Crippen LogP contribution in [0.25, 0.3) is 0 Å². The minimum absolute atomic E-state index is 0. The molecule has 1 aliphatic heterocycles. The first-order chi connectivity index (χ1) is 15.3. The number of aliphatic imine (C=N–C) groups is 1. The first-order valence-electron chi connectivity index (χ1n) is 11.1. The Labute approximate surface area is 212 Å². The molecule has 0 atom stereocenters. The third-order valence-electron chi connectivity index (χ3n) is 5.63. The molecule has 6 nitrogen and oxygen atoms in total. The van der Waals surface area contributed by atoms with Crippen LogP contribution in [0.2, 0.25) is 0 Å². The standard InChI is InChI=1S/C24H32N6S.HI/c1-2-25-24(28-22-8-12-29(13-9-22)17-21-10-15-31-19-21)27-16-23-26-11-14-30(23)18-20-6-4-3-5-7-20;/h3-7,10-11,14-15,19,22H,2,8-9,12-13,16-18H2,1H3,(H2,25,27,28);1H. The van der Waals surface area contributed by atoms with Gasteiger partial charge in [-0.3, -0.25) is 4.90 Å². The molecule has 2 N–H and O–H groups in total. The number of aromatic nitrogens is 2. The molecular weight excluding hydrogens is 531 g/mol. The minimum atomic E-state index is 0. The van der Waals surface area contributed by atoms with E-state index in [0.717, 1.165) is 57.3 Å². The highest BCUT2D eigenvalue weighted by molar-refractivity contribution is 14.0. The average Bonchev–Trinajstić information content (AvgIpc) is 3.46. The molecule has 1 aliphatic rings. The molecule has 3 aromatic rings. The number of nitrogens with zero attached hydrogens (tertiary/aromatic N) is 4. The summed E-state index contributed by atoms with van der Waals surface area (Å²) >= 11 is 1.78. The van der Waals surface area contributed by atoms with Crippen LogP contribution in [0.4, 0.5) is 0 Å². The molecule has 172 valence electrons. The van der Waals surface area contributed by atoms with E-state index in [2.05, 4.69) is 73.1 Å². The lowest BCUT2D eigenvalue weighted by atomic mass is 10.0. The minimum Gasteiger partial charge on any atom is -0.357 e. The molecule has 0 spiro atoms. The number of nitrogens with one attached hydrogen (secondary N) is 2. The molecule has 1 saturated heterocycles. The van der Waals surface area contributed by atoms with Gasteiger partial charge >= 0.3 is 0 Å². The fourth-order valence-corrected chi connectivity index (χ4v) is 4.61. The Balaban J connectivity index is 0.00000289. The maximum atomic E-state index is 4.83. The Bertz CT molecular complexity index is 933.